The zero-order valence-corrected chi connectivity index (χ0v) is 12.7. The topological polar surface area (TPSA) is 24.1 Å². The fourth-order valence-corrected chi connectivity index (χ4v) is 2.20. The molecule has 0 fully saturated rings. The van der Waals surface area contributed by atoms with E-state index in [9.17, 15) is 4.39 Å². The highest BCUT2D eigenvalue weighted by Crippen LogP contribution is 2.20. The van der Waals surface area contributed by atoms with Crippen molar-refractivity contribution in [2.45, 2.75) is 13.8 Å². The van der Waals surface area contributed by atoms with Crippen molar-refractivity contribution < 1.29 is 4.39 Å². The SMILES string of the molecule is Cc1ccc(NC(=S)Nc2ccc(Cl)cc2F)c(C)c1. The summed E-state index contributed by atoms with van der Waals surface area (Å²) in [4.78, 5) is 0. The molecule has 20 heavy (non-hydrogen) atoms. The molecule has 0 aromatic heterocycles. The van der Waals surface area contributed by atoms with Gasteiger partial charge in [0.25, 0.3) is 0 Å². The maximum absolute atomic E-state index is 13.6. The van der Waals surface area contributed by atoms with E-state index < -0.39 is 5.82 Å². The molecule has 2 aromatic carbocycles. The molecule has 0 heterocycles. The van der Waals surface area contributed by atoms with Gasteiger partial charge in [-0.2, -0.15) is 0 Å². The molecular weight excluding hydrogens is 295 g/mol. The summed E-state index contributed by atoms with van der Waals surface area (Å²) in [6.07, 6.45) is 0. The summed E-state index contributed by atoms with van der Waals surface area (Å²) in [6, 6.07) is 10.4. The molecule has 0 unspecified atom stereocenters. The Bertz CT molecular complexity index is 603. The highest BCUT2D eigenvalue weighted by atomic mass is 35.5. The van der Waals surface area contributed by atoms with Crippen molar-refractivity contribution in [3.05, 3.63) is 58.4 Å². The zero-order valence-electron chi connectivity index (χ0n) is 11.1. The average Bonchev–Trinajstić information content (AvgIpc) is 2.36. The van der Waals surface area contributed by atoms with E-state index in [4.69, 9.17) is 23.8 Å². The standard InChI is InChI=1S/C15H14ClFN2S/c1-9-3-5-13(10(2)7-9)18-15(20)19-14-6-4-11(16)8-12(14)17/h3-8H,1-2H3,(H2,18,19,20). The van der Waals surface area contributed by atoms with Crippen LogP contribution in [0.1, 0.15) is 11.1 Å². The summed E-state index contributed by atoms with van der Waals surface area (Å²) in [5.74, 6) is -0.442. The van der Waals surface area contributed by atoms with E-state index in [1.165, 1.54) is 11.6 Å². The minimum absolute atomic E-state index is 0.289. The second-order valence-electron chi connectivity index (χ2n) is 4.52. The maximum atomic E-state index is 13.6. The van der Waals surface area contributed by atoms with Crippen molar-refractivity contribution in [1.29, 1.82) is 0 Å². The van der Waals surface area contributed by atoms with Crippen molar-refractivity contribution in [2.24, 2.45) is 0 Å². The van der Waals surface area contributed by atoms with Crippen molar-refractivity contribution in [3.8, 4) is 0 Å². The zero-order chi connectivity index (χ0) is 14.7. The summed E-state index contributed by atoms with van der Waals surface area (Å²) >= 11 is 10.9. The van der Waals surface area contributed by atoms with Crippen LogP contribution < -0.4 is 10.6 Å². The number of halogens is 2. The van der Waals surface area contributed by atoms with Crippen LogP contribution in [0.15, 0.2) is 36.4 Å². The van der Waals surface area contributed by atoms with Gasteiger partial charge >= 0.3 is 0 Å². The lowest BCUT2D eigenvalue weighted by Gasteiger charge is -2.13. The Labute approximate surface area is 128 Å². The Hall–Kier alpha value is -1.65. The molecule has 104 valence electrons. The molecule has 5 heteroatoms. The summed E-state index contributed by atoms with van der Waals surface area (Å²) in [6.45, 7) is 4.01. The van der Waals surface area contributed by atoms with Crippen LogP contribution in [0.4, 0.5) is 15.8 Å². The first-order valence-electron chi connectivity index (χ1n) is 6.06. The van der Waals surface area contributed by atoms with Crippen LogP contribution in [0.2, 0.25) is 5.02 Å². The van der Waals surface area contributed by atoms with Crippen LogP contribution in [-0.2, 0) is 0 Å². The van der Waals surface area contributed by atoms with Gasteiger partial charge in [0.05, 0.1) is 5.69 Å². The van der Waals surface area contributed by atoms with Crippen LogP contribution in [0.25, 0.3) is 0 Å². The van der Waals surface area contributed by atoms with Crippen LogP contribution in [0.5, 0.6) is 0 Å². The largest absolute Gasteiger partial charge is 0.332 e. The first-order valence-corrected chi connectivity index (χ1v) is 6.84. The van der Waals surface area contributed by atoms with Gasteiger partial charge in [-0.15, -0.1) is 0 Å². The molecule has 0 aliphatic heterocycles. The summed E-state index contributed by atoms with van der Waals surface area (Å²) in [5, 5.41) is 6.54. The lowest BCUT2D eigenvalue weighted by molar-refractivity contribution is 0.632. The third-order valence-corrected chi connectivity index (χ3v) is 3.25. The van der Waals surface area contributed by atoms with E-state index in [2.05, 4.69) is 10.6 Å². The highest BCUT2D eigenvalue weighted by molar-refractivity contribution is 7.80. The number of hydrogen-bond donors (Lipinski definition) is 2. The van der Waals surface area contributed by atoms with Gasteiger partial charge in [-0.05, 0) is 55.9 Å². The Morgan fingerprint density at radius 1 is 1.05 bits per heavy atom. The quantitative estimate of drug-likeness (QED) is 0.771. The van der Waals surface area contributed by atoms with Crippen molar-refractivity contribution in [3.63, 3.8) is 0 Å². The fourth-order valence-electron chi connectivity index (χ4n) is 1.82. The number of benzene rings is 2. The van der Waals surface area contributed by atoms with Gasteiger partial charge in [0, 0.05) is 10.7 Å². The number of aryl methyl sites for hydroxylation is 2. The van der Waals surface area contributed by atoms with E-state index in [0.29, 0.717) is 10.1 Å². The lowest BCUT2D eigenvalue weighted by atomic mass is 10.1. The van der Waals surface area contributed by atoms with E-state index in [1.54, 1.807) is 12.1 Å². The smallest absolute Gasteiger partial charge is 0.175 e. The van der Waals surface area contributed by atoms with Crippen molar-refractivity contribution in [2.75, 3.05) is 10.6 Å². The minimum atomic E-state index is -0.442. The molecule has 0 saturated carbocycles. The Morgan fingerprint density at radius 2 is 1.70 bits per heavy atom. The second kappa shape index (κ2) is 6.20. The third-order valence-electron chi connectivity index (χ3n) is 2.81. The number of thiocarbonyl (C=S) groups is 1. The van der Waals surface area contributed by atoms with Gasteiger partial charge in [-0.3, -0.25) is 0 Å². The molecule has 0 bridgehead atoms. The molecule has 0 spiro atoms. The molecule has 2 aromatic rings. The fraction of sp³-hybridized carbons (Fsp3) is 0.133. The molecule has 2 N–H and O–H groups in total. The molecule has 2 rings (SSSR count). The molecule has 0 aliphatic carbocycles. The summed E-state index contributed by atoms with van der Waals surface area (Å²) < 4.78 is 13.6. The number of anilines is 2. The average molecular weight is 309 g/mol. The van der Waals surface area contributed by atoms with E-state index in [1.807, 2.05) is 32.0 Å². The third kappa shape index (κ3) is 3.68. The van der Waals surface area contributed by atoms with Gasteiger partial charge in [0.2, 0.25) is 0 Å². The van der Waals surface area contributed by atoms with Gasteiger partial charge in [0.15, 0.2) is 5.11 Å². The first-order chi connectivity index (χ1) is 9.45. The van der Waals surface area contributed by atoms with Crippen molar-refractivity contribution >= 4 is 40.3 Å². The normalized spacial score (nSPS) is 10.2. The van der Waals surface area contributed by atoms with Crippen LogP contribution in [-0.4, -0.2) is 5.11 Å². The lowest BCUT2D eigenvalue weighted by Crippen LogP contribution is -2.20. The second-order valence-corrected chi connectivity index (χ2v) is 5.37. The summed E-state index contributed by atoms with van der Waals surface area (Å²) in [5.41, 5.74) is 3.43. The van der Waals surface area contributed by atoms with Gasteiger partial charge in [0.1, 0.15) is 5.82 Å². The molecule has 0 aliphatic rings. The van der Waals surface area contributed by atoms with E-state index in [0.717, 1.165) is 11.3 Å². The first kappa shape index (κ1) is 14.8. The molecule has 0 radical (unpaired) electrons. The van der Waals surface area contributed by atoms with Gasteiger partial charge < -0.3 is 10.6 Å². The van der Waals surface area contributed by atoms with Crippen LogP contribution >= 0.6 is 23.8 Å². The Morgan fingerprint density at radius 3 is 2.35 bits per heavy atom. The van der Waals surface area contributed by atoms with E-state index >= 15 is 0 Å². The monoisotopic (exact) mass is 308 g/mol. The Balaban J connectivity index is 2.09. The van der Waals surface area contributed by atoms with Gasteiger partial charge in [-0.1, -0.05) is 29.3 Å². The molecule has 0 saturated heterocycles. The van der Waals surface area contributed by atoms with Gasteiger partial charge in [-0.25, -0.2) is 4.39 Å². The molecule has 0 atom stereocenters. The highest BCUT2D eigenvalue weighted by Gasteiger charge is 2.06. The number of hydrogen-bond acceptors (Lipinski definition) is 1. The summed E-state index contributed by atoms with van der Waals surface area (Å²) in [7, 11) is 0. The Kier molecular flexibility index (Phi) is 4.57. The number of nitrogens with one attached hydrogen (secondary N) is 2. The van der Waals surface area contributed by atoms with Crippen LogP contribution in [0, 0.1) is 19.7 Å². The molecular formula is C15H14ClFN2S. The minimum Gasteiger partial charge on any atom is -0.332 e. The predicted molar refractivity (Wildman–Crippen MR) is 87.2 cm³/mol. The van der Waals surface area contributed by atoms with Crippen LogP contribution in [0.3, 0.4) is 0 Å². The van der Waals surface area contributed by atoms with Crippen molar-refractivity contribution in [1.82, 2.24) is 0 Å². The number of rotatable bonds is 2. The maximum Gasteiger partial charge on any atom is 0.175 e. The molecule has 2 nitrogen and oxygen atoms in total. The predicted octanol–water partition coefficient (Wildman–Crippen LogP) is 4.90. The molecule has 0 amide bonds. The van der Waals surface area contributed by atoms with E-state index in [-0.39, 0.29) is 5.69 Å².